The molecule has 5 fully saturated rings. The van der Waals surface area contributed by atoms with Gasteiger partial charge in [-0.05, 0) is 104 Å². The summed E-state index contributed by atoms with van der Waals surface area (Å²) in [5, 5.41) is 0. The molecule has 5 rings (SSSR count). The molecule has 8 unspecified atom stereocenters. The van der Waals surface area contributed by atoms with Gasteiger partial charge in [0.1, 0.15) is 0 Å². The molecule has 0 saturated heterocycles. The summed E-state index contributed by atoms with van der Waals surface area (Å²) in [5.74, 6) is 11.9. The zero-order chi connectivity index (χ0) is 28.3. The molecule has 0 bridgehead atoms. The van der Waals surface area contributed by atoms with Crippen LogP contribution in [0.25, 0.3) is 0 Å². The van der Waals surface area contributed by atoms with Gasteiger partial charge in [-0.15, -0.1) is 0 Å². The topological polar surface area (TPSA) is 0 Å². The summed E-state index contributed by atoms with van der Waals surface area (Å²) in [7, 11) is 0. The van der Waals surface area contributed by atoms with Crippen LogP contribution in [-0.4, -0.2) is 0 Å². The first kappa shape index (κ1) is 32.9. The molecule has 0 amide bonds. The molecular weight excluding hydrogens is 480 g/mol. The average Bonchev–Trinajstić information content (AvgIpc) is 3.44. The van der Waals surface area contributed by atoms with Gasteiger partial charge in [0.2, 0.25) is 0 Å². The van der Waals surface area contributed by atoms with Gasteiger partial charge < -0.3 is 0 Å². The van der Waals surface area contributed by atoms with E-state index in [1.165, 1.54) is 83.5 Å². The minimum absolute atomic E-state index is 1.00. The van der Waals surface area contributed by atoms with Crippen LogP contribution in [0.4, 0.5) is 0 Å². The Kier molecular flexibility index (Phi) is 14.3. The summed E-state index contributed by atoms with van der Waals surface area (Å²) in [4.78, 5) is 0. The van der Waals surface area contributed by atoms with Crippen LogP contribution in [0.5, 0.6) is 0 Å². The number of unbranched alkanes of at least 4 members (excludes halogenated alkanes) is 1. The maximum Gasteiger partial charge on any atom is -0.0324 e. The van der Waals surface area contributed by atoms with Crippen molar-refractivity contribution < 1.29 is 0 Å². The van der Waals surface area contributed by atoms with Gasteiger partial charge in [-0.3, -0.25) is 0 Å². The van der Waals surface area contributed by atoms with Crippen LogP contribution in [0.1, 0.15) is 189 Å². The van der Waals surface area contributed by atoms with Gasteiger partial charge in [0, 0.05) is 0 Å². The second-order valence-electron chi connectivity index (χ2n) is 16.4. The highest BCUT2D eigenvalue weighted by Gasteiger charge is 2.47. The van der Waals surface area contributed by atoms with E-state index in [1.807, 2.05) is 0 Å². The smallest absolute Gasteiger partial charge is 0.0324 e. The Balaban J connectivity index is 0.000000185. The molecule has 0 N–H and O–H groups in total. The van der Waals surface area contributed by atoms with Crippen molar-refractivity contribution in [1.82, 2.24) is 0 Å². The normalized spacial score (nSPS) is 40.7. The molecule has 0 radical (unpaired) electrons. The van der Waals surface area contributed by atoms with Crippen LogP contribution in [0.3, 0.4) is 0 Å². The van der Waals surface area contributed by atoms with Crippen molar-refractivity contribution in [2.24, 2.45) is 65.1 Å². The van der Waals surface area contributed by atoms with Crippen LogP contribution in [0, 0.1) is 65.1 Å². The maximum atomic E-state index is 2.60. The maximum absolute atomic E-state index is 2.60. The summed E-state index contributed by atoms with van der Waals surface area (Å²) in [6, 6.07) is 0. The predicted octanol–water partition coefficient (Wildman–Crippen LogP) is 13.3. The van der Waals surface area contributed by atoms with Crippen molar-refractivity contribution in [2.45, 2.75) is 189 Å². The van der Waals surface area contributed by atoms with E-state index < -0.39 is 0 Å². The van der Waals surface area contributed by atoms with Crippen LogP contribution in [0.15, 0.2) is 0 Å². The molecule has 5 aliphatic rings. The van der Waals surface area contributed by atoms with Gasteiger partial charge in [0.25, 0.3) is 0 Å². The Morgan fingerprint density at radius 1 is 0.525 bits per heavy atom. The number of hydrogen-bond donors (Lipinski definition) is 0. The molecule has 234 valence electrons. The molecule has 0 spiro atoms. The molecule has 0 heterocycles. The van der Waals surface area contributed by atoms with Gasteiger partial charge in [-0.25, -0.2) is 0 Å². The fourth-order valence-electron chi connectivity index (χ4n) is 11.4. The van der Waals surface area contributed by atoms with E-state index >= 15 is 0 Å². The Bertz CT molecular complexity index is 651. The molecule has 0 nitrogen and oxygen atoms in total. The lowest BCUT2D eigenvalue weighted by molar-refractivity contribution is 0.00254. The fraction of sp³-hybridized carbons (Fsp3) is 1.00. The quantitative estimate of drug-likeness (QED) is 0.252. The summed E-state index contributed by atoms with van der Waals surface area (Å²) in [5.41, 5.74) is 0. The lowest BCUT2D eigenvalue weighted by Crippen LogP contribution is -2.41. The summed E-state index contributed by atoms with van der Waals surface area (Å²) < 4.78 is 0. The zero-order valence-corrected chi connectivity index (χ0v) is 28.3. The van der Waals surface area contributed by atoms with Crippen LogP contribution in [0.2, 0.25) is 0 Å². The van der Waals surface area contributed by atoms with Crippen molar-refractivity contribution in [1.29, 1.82) is 0 Å². The minimum atomic E-state index is 1.00. The Morgan fingerprint density at radius 3 is 1.95 bits per heavy atom. The van der Waals surface area contributed by atoms with Crippen molar-refractivity contribution in [2.75, 3.05) is 0 Å². The van der Waals surface area contributed by atoms with Crippen molar-refractivity contribution in [3.05, 3.63) is 0 Å². The number of hydrogen-bond acceptors (Lipinski definition) is 0. The molecule has 0 aromatic heterocycles. The standard InChI is InChI=1S/C20H36.C20H38/c1-3-4-12-18-15(2)14-17-11-8-13-19(17)20(18)16-9-6-5-7-10-16;1-4-6-20-15-16(3)7-13-19(20)14-12-18-10-8-17(5-2)9-11-18/h15-20H,3-14H2,1-2H3;16-20H,4-15H2,1-3H3. The molecule has 5 aliphatic carbocycles. The van der Waals surface area contributed by atoms with Gasteiger partial charge >= 0.3 is 0 Å². The molecule has 0 aromatic rings. The monoisotopic (exact) mass is 555 g/mol. The predicted molar refractivity (Wildman–Crippen MR) is 178 cm³/mol. The first-order chi connectivity index (χ1) is 19.5. The van der Waals surface area contributed by atoms with E-state index in [0.29, 0.717) is 0 Å². The molecule has 40 heavy (non-hydrogen) atoms. The second kappa shape index (κ2) is 17.3. The van der Waals surface area contributed by atoms with Crippen LogP contribution < -0.4 is 0 Å². The average molecular weight is 555 g/mol. The summed E-state index contributed by atoms with van der Waals surface area (Å²) in [6.45, 7) is 12.2. The molecule has 0 aromatic carbocycles. The highest BCUT2D eigenvalue weighted by atomic mass is 14.5. The molecule has 8 atom stereocenters. The van der Waals surface area contributed by atoms with E-state index in [2.05, 4.69) is 34.6 Å². The Hall–Kier alpha value is 0. The Labute approximate surface area is 253 Å². The van der Waals surface area contributed by atoms with E-state index in [4.69, 9.17) is 0 Å². The highest BCUT2D eigenvalue weighted by Crippen LogP contribution is 2.55. The fourth-order valence-corrected chi connectivity index (χ4v) is 11.4. The van der Waals surface area contributed by atoms with Gasteiger partial charge in [0.05, 0.1) is 0 Å². The lowest BCUT2D eigenvalue weighted by atomic mass is 9.56. The van der Waals surface area contributed by atoms with Gasteiger partial charge in [-0.1, -0.05) is 150 Å². The minimum Gasteiger partial charge on any atom is -0.0654 e. The van der Waals surface area contributed by atoms with Gasteiger partial charge in [-0.2, -0.15) is 0 Å². The molecule has 5 saturated carbocycles. The molecule has 0 heteroatoms. The third-order valence-electron chi connectivity index (χ3n) is 13.7. The SMILES string of the molecule is CCCC1CC(C)CCC1CCC1CCC(CC)CC1.CCCCC1C(C)CC2CCCC2C1C1CCCCC1. The van der Waals surface area contributed by atoms with E-state index in [9.17, 15) is 0 Å². The second-order valence-corrected chi connectivity index (χ2v) is 16.4. The third kappa shape index (κ3) is 9.25. The summed E-state index contributed by atoms with van der Waals surface area (Å²) >= 11 is 0. The van der Waals surface area contributed by atoms with Crippen LogP contribution in [-0.2, 0) is 0 Å². The zero-order valence-electron chi connectivity index (χ0n) is 28.3. The van der Waals surface area contributed by atoms with E-state index in [-0.39, 0.29) is 0 Å². The number of rotatable bonds is 10. The van der Waals surface area contributed by atoms with Crippen LogP contribution >= 0.6 is 0 Å². The first-order valence-electron chi connectivity index (χ1n) is 19.5. The molecular formula is C40H74. The van der Waals surface area contributed by atoms with Crippen molar-refractivity contribution >= 4 is 0 Å². The summed E-state index contributed by atoms with van der Waals surface area (Å²) in [6.07, 6.45) is 36.6. The van der Waals surface area contributed by atoms with Gasteiger partial charge in [0.15, 0.2) is 0 Å². The number of fused-ring (bicyclic) bond motifs is 1. The molecule has 0 aliphatic heterocycles. The lowest BCUT2D eigenvalue weighted by Gasteiger charge is -2.49. The Morgan fingerprint density at radius 2 is 1.25 bits per heavy atom. The van der Waals surface area contributed by atoms with E-state index in [0.717, 1.165) is 65.1 Å². The first-order valence-corrected chi connectivity index (χ1v) is 19.5. The van der Waals surface area contributed by atoms with Crippen molar-refractivity contribution in [3.8, 4) is 0 Å². The largest absolute Gasteiger partial charge is 0.0654 e. The third-order valence-corrected chi connectivity index (χ3v) is 13.7. The highest BCUT2D eigenvalue weighted by molar-refractivity contribution is 4.96. The van der Waals surface area contributed by atoms with E-state index in [1.54, 1.807) is 70.6 Å². The van der Waals surface area contributed by atoms with Crippen molar-refractivity contribution in [3.63, 3.8) is 0 Å².